The van der Waals surface area contributed by atoms with Crippen LogP contribution in [0.2, 0.25) is 0 Å². The summed E-state index contributed by atoms with van der Waals surface area (Å²) >= 11 is 4.78. The summed E-state index contributed by atoms with van der Waals surface area (Å²) in [6.07, 6.45) is 1.39. The van der Waals surface area contributed by atoms with Gasteiger partial charge in [-0.2, -0.15) is 0 Å². The number of carbonyl (C=O) groups excluding carboxylic acids is 3. The van der Waals surface area contributed by atoms with Gasteiger partial charge in [-0.3, -0.25) is 20.2 Å². The SMILES string of the molecule is CCOc1cc(C=C2C(=O)NC(=S)NC2=O)ccc1OC(=O)c1ccc(OC)cc1. The van der Waals surface area contributed by atoms with Crippen molar-refractivity contribution >= 4 is 41.2 Å². The Kier molecular flexibility index (Phi) is 6.43. The van der Waals surface area contributed by atoms with E-state index in [1.165, 1.54) is 19.3 Å². The van der Waals surface area contributed by atoms with E-state index in [4.69, 9.17) is 26.4 Å². The minimum Gasteiger partial charge on any atom is -0.497 e. The third kappa shape index (κ3) is 4.81. The molecule has 1 heterocycles. The Balaban J connectivity index is 1.85. The molecule has 2 aromatic carbocycles. The molecule has 1 saturated heterocycles. The molecule has 0 radical (unpaired) electrons. The third-order valence-corrected chi connectivity index (χ3v) is 4.25. The molecule has 0 saturated carbocycles. The standard InChI is InChI=1S/C21H18N2O6S/c1-3-28-17-11-12(10-15-18(24)22-21(30)23-19(15)25)4-9-16(17)29-20(26)13-5-7-14(27-2)8-6-13/h4-11H,3H2,1-2H3,(H2,22,23,24,25,30). The van der Waals surface area contributed by atoms with Crippen LogP contribution in [0.15, 0.2) is 48.0 Å². The molecule has 2 aromatic rings. The minimum atomic E-state index is -0.600. The Morgan fingerprint density at radius 2 is 1.70 bits per heavy atom. The van der Waals surface area contributed by atoms with E-state index in [9.17, 15) is 14.4 Å². The summed E-state index contributed by atoms with van der Waals surface area (Å²) in [6.45, 7) is 2.10. The van der Waals surface area contributed by atoms with Crippen molar-refractivity contribution in [2.24, 2.45) is 0 Å². The third-order valence-electron chi connectivity index (χ3n) is 4.05. The van der Waals surface area contributed by atoms with Gasteiger partial charge in [0.15, 0.2) is 16.6 Å². The lowest BCUT2D eigenvalue weighted by Crippen LogP contribution is -2.51. The number of nitrogens with one attached hydrogen (secondary N) is 2. The van der Waals surface area contributed by atoms with Gasteiger partial charge >= 0.3 is 5.97 Å². The van der Waals surface area contributed by atoms with E-state index >= 15 is 0 Å². The highest BCUT2D eigenvalue weighted by atomic mass is 32.1. The van der Waals surface area contributed by atoms with Crippen molar-refractivity contribution in [1.29, 1.82) is 0 Å². The van der Waals surface area contributed by atoms with Gasteiger partial charge in [0.1, 0.15) is 11.3 Å². The molecule has 0 spiro atoms. The van der Waals surface area contributed by atoms with E-state index in [1.807, 2.05) is 0 Å². The van der Waals surface area contributed by atoms with Crippen LogP contribution in [0.1, 0.15) is 22.8 Å². The van der Waals surface area contributed by atoms with Gasteiger partial charge in [-0.25, -0.2) is 4.79 Å². The van der Waals surface area contributed by atoms with Crippen molar-refractivity contribution in [3.05, 3.63) is 59.2 Å². The van der Waals surface area contributed by atoms with E-state index in [0.717, 1.165) is 0 Å². The smallest absolute Gasteiger partial charge is 0.343 e. The van der Waals surface area contributed by atoms with Crippen LogP contribution < -0.4 is 24.8 Å². The van der Waals surface area contributed by atoms with Crippen molar-refractivity contribution in [2.45, 2.75) is 6.92 Å². The molecule has 1 aliphatic heterocycles. The fourth-order valence-corrected chi connectivity index (χ4v) is 2.81. The van der Waals surface area contributed by atoms with Crippen LogP contribution in [-0.4, -0.2) is 36.6 Å². The van der Waals surface area contributed by atoms with Crippen LogP contribution in [0.3, 0.4) is 0 Å². The van der Waals surface area contributed by atoms with Gasteiger partial charge in [-0.1, -0.05) is 6.07 Å². The molecule has 3 rings (SSSR count). The number of amides is 2. The van der Waals surface area contributed by atoms with Gasteiger partial charge in [0.2, 0.25) is 0 Å². The number of methoxy groups -OCH3 is 1. The highest BCUT2D eigenvalue weighted by Gasteiger charge is 2.25. The van der Waals surface area contributed by atoms with Crippen LogP contribution in [0.5, 0.6) is 17.2 Å². The van der Waals surface area contributed by atoms with E-state index in [1.54, 1.807) is 43.3 Å². The Morgan fingerprint density at radius 3 is 2.30 bits per heavy atom. The average molecular weight is 426 g/mol. The second-order valence-electron chi connectivity index (χ2n) is 6.05. The molecular formula is C21H18N2O6S. The summed E-state index contributed by atoms with van der Waals surface area (Å²) in [5, 5.41) is 4.69. The molecule has 0 atom stereocenters. The number of hydrogen-bond donors (Lipinski definition) is 2. The number of esters is 1. The number of thiocarbonyl (C=S) groups is 1. The molecule has 8 nitrogen and oxygen atoms in total. The quantitative estimate of drug-likeness (QED) is 0.240. The number of ether oxygens (including phenoxy) is 3. The van der Waals surface area contributed by atoms with Crippen molar-refractivity contribution in [3.63, 3.8) is 0 Å². The van der Waals surface area contributed by atoms with Gasteiger partial charge < -0.3 is 14.2 Å². The molecule has 9 heteroatoms. The molecule has 0 bridgehead atoms. The van der Waals surface area contributed by atoms with Gasteiger partial charge in [-0.05, 0) is 67.2 Å². The summed E-state index contributed by atoms with van der Waals surface area (Å²) in [5.41, 5.74) is 0.751. The maximum absolute atomic E-state index is 12.4. The summed E-state index contributed by atoms with van der Waals surface area (Å²) in [6, 6.07) is 11.2. The van der Waals surface area contributed by atoms with Crippen LogP contribution in [-0.2, 0) is 9.59 Å². The lowest BCUT2D eigenvalue weighted by atomic mass is 10.1. The summed E-state index contributed by atoms with van der Waals surface area (Å²) in [7, 11) is 1.54. The Labute approximate surface area is 177 Å². The molecular weight excluding hydrogens is 408 g/mol. The Bertz CT molecular complexity index is 1020. The molecule has 30 heavy (non-hydrogen) atoms. The fourth-order valence-electron chi connectivity index (χ4n) is 2.63. The number of rotatable bonds is 6. The molecule has 1 aliphatic rings. The highest BCUT2D eigenvalue weighted by Crippen LogP contribution is 2.30. The molecule has 2 amide bonds. The van der Waals surface area contributed by atoms with Gasteiger partial charge in [-0.15, -0.1) is 0 Å². The van der Waals surface area contributed by atoms with E-state index in [-0.39, 0.29) is 16.4 Å². The number of hydrogen-bond acceptors (Lipinski definition) is 7. The second-order valence-corrected chi connectivity index (χ2v) is 6.46. The zero-order valence-corrected chi connectivity index (χ0v) is 17.0. The normalized spacial score (nSPS) is 13.3. The first-order valence-electron chi connectivity index (χ1n) is 8.92. The van der Waals surface area contributed by atoms with Gasteiger partial charge in [0, 0.05) is 0 Å². The van der Waals surface area contributed by atoms with Gasteiger partial charge in [0.05, 0.1) is 19.3 Å². The first-order chi connectivity index (χ1) is 14.4. The first-order valence-corrected chi connectivity index (χ1v) is 9.33. The maximum Gasteiger partial charge on any atom is 0.343 e. The highest BCUT2D eigenvalue weighted by molar-refractivity contribution is 7.80. The van der Waals surface area contributed by atoms with Crippen molar-refractivity contribution < 1.29 is 28.6 Å². The van der Waals surface area contributed by atoms with E-state index in [2.05, 4.69) is 10.6 Å². The lowest BCUT2D eigenvalue weighted by Gasteiger charge is -2.16. The zero-order chi connectivity index (χ0) is 21.7. The van der Waals surface area contributed by atoms with Crippen LogP contribution in [0.4, 0.5) is 0 Å². The van der Waals surface area contributed by atoms with Gasteiger partial charge in [0.25, 0.3) is 11.8 Å². The molecule has 0 unspecified atom stereocenters. The predicted molar refractivity (Wildman–Crippen MR) is 112 cm³/mol. The minimum absolute atomic E-state index is 0.0436. The molecule has 0 aliphatic carbocycles. The van der Waals surface area contributed by atoms with E-state index < -0.39 is 17.8 Å². The molecule has 1 fully saturated rings. The van der Waals surface area contributed by atoms with Crippen LogP contribution >= 0.6 is 12.2 Å². The predicted octanol–water partition coefficient (Wildman–Crippen LogP) is 2.23. The zero-order valence-electron chi connectivity index (χ0n) is 16.2. The molecule has 2 N–H and O–H groups in total. The molecule has 0 aromatic heterocycles. The lowest BCUT2D eigenvalue weighted by molar-refractivity contribution is -0.123. The largest absolute Gasteiger partial charge is 0.497 e. The van der Waals surface area contributed by atoms with Crippen molar-refractivity contribution in [3.8, 4) is 17.2 Å². The fraction of sp³-hybridized carbons (Fsp3) is 0.143. The molecule has 154 valence electrons. The second kappa shape index (κ2) is 9.19. The van der Waals surface area contributed by atoms with Crippen LogP contribution in [0.25, 0.3) is 6.08 Å². The number of benzene rings is 2. The van der Waals surface area contributed by atoms with Crippen LogP contribution in [0, 0.1) is 0 Å². The Hall–Kier alpha value is -3.72. The Morgan fingerprint density at radius 1 is 1.03 bits per heavy atom. The van der Waals surface area contributed by atoms with E-state index in [0.29, 0.717) is 29.2 Å². The first kappa shape index (κ1) is 21.0. The van der Waals surface area contributed by atoms with Crippen molar-refractivity contribution in [2.75, 3.05) is 13.7 Å². The summed E-state index contributed by atoms with van der Waals surface area (Å²) < 4.78 is 16.1. The topological polar surface area (TPSA) is 103 Å². The summed E-state index contributed by atoms with van der Waals surface area (Å²) in [5.74, 6) is -0.646. The monoisotopic (exact) mass is 426 g/mol. The number of carbonyl (C=O) groups is 3. The van der Waals surface area contributed by atoms with Crippen molar-refractivity contribution in [1.82, 2.24) is 10.6 Å². The average Bonchev–Trinajstić information content (AvgIpc) is 2.72. The summed E-state index contributed by atoms with van der Waals surface area (Å²) in [4.78, 5) is 36.5. The maximum atomic E-state index is 12.4.